The van der Waals surface area contributed by atoms with Crippen molar-refractivity contribution in [2.45, 2.75) is 32.6 Å². The van der Waals surface area contributed by atoms with Gasteiger partial charge in [0, 0.05) is 30.3 Å². The highest BCUT2D eigenvalue weighted by molar-refractivity contribution is 7.13. The number of nitrogens with one attached hydrogen (secondary N) is 1. The van der Waals surface area contributed by atoms with Gasteiger partial charge < -0.3 is 10.2 Å². The number of hydrogen-bond acceptors (Lipinski definition) is 6. The van der Waals surface area contributed by atoms with Crippen LogP contribution in [-0.2, 0) is 4.79 Å². The second-order valence-electron chi connectivity index (χ2n) is 6.09. The monoisotopic (exact) mass is 424 g/mol. The molecule has 0 radical (unpaired) electrons. The molecule has 0 atom stereocenters. The van der Waals surface area contributed by atoms with Gasteiger partial charge in [-0.1, -0.05) is 37.8 Å². The van der Waals surface area contributed by atoms with E-state index in [4.69, 9.17) is 11.6 Å². The van der Waals surface area contributed by atoms with E-state index in [2.05, 4.69) is 17.2 Å². The number of hydrogen-bond donors (Lipinski definition) is 1. The lowest BCUT2D eigenvalue weighted by molar-refractivity contribution is -0.384. The molecule has 1 N–H and O–H groups in total. The number of aromatic nitrogens is 1. The van der Waals surface area contributed by atoms with Crippen molar-refractivity contribution in [3.63, 3.8) is 0 Å². The maximum atomic E-state index is 12.9. The number of non-ortho nitro benzene ring substituents is 1. The smallest absolute Gasteiger partial charge is 0.270 e. The predicted molar refractivity (Wildman–Crippen MR) is 109 cm³/mol. The van der Waals surface area contributed by atoms with Crippen LogP contribution in [0.25, 0.3) is 0 Å². The topological polar surface area (TPSA) is 105 Å². The summed E-state index contributed by atoms with van der Waals surface area (Å²) in [5, 5.41) is 15.7. The Kier molecular flexibility index (Phi) is 8.34. The average Bonchev–Trinajstić information content (AvgIpc) is 3.16. The fourth-order valence-electron chi connectivity index (χ4n) is 2.56. The van der Waals surface area contributed by atoms with E-state index in [9.17, 15) is 19.7 Å². The number of carbonyl (C=O) groups excluding carboxylic acids is 2. The molecule has 0 fully saturated rings. The number of halogens is 1. The highest BCUT2D eigenvalue weighted by atomic mass is 35.5. The second-order valence-corrected chi connectivity index (χ2v) is 7.40. The predicted octanol–water partition coefficient (Wildman–Crippen LogP) is 4.37. The summed E-state index contributed by atoms with van der Waals surface area (Å²) in [5.74, 6) is -0.803. The molecule has 2 rings (SSSR count). The Morgan fingerprint density at radius 1 is 1.32 bits per heavy atom. The molecule has 0 unspecified atom stereocenters. The highest BCUT2D eigenvalue weighted by Crippen LogP contribution is 2.24. The van der Waals surface area contributed by atoms with Crippen LogP contribution >= 0.6 is 22.9 Å². The van der Waals surface area contributed by atoms with E-state index in [-0.39, 0.29) is 28.7 Å². The fraction of sp³-hybridized carbons (Fsp3) is 0.389. The Morgan fingerprint density at radius 3 is 2.71 bits per heavy atom. The molecule has 150 valence electrons. The van der Waals surface area contributed by atoms with E-state index in [0.29, 0.717) is 11.7 Å². The Hall–Kier alpha value is -2.52. The number of rotatable bonds is 10. The van der Waals surface area contributed by atoms with Crippen LogP contribution in [0.5, 0.6) is 0 Å². The van der Waals surface area contributed by atoms with Crippen LogP contribution in [0.3, 0.4) is 0 Å². The number of thiazole rings is 1. The van der Waals surface area contributed by atoms with Crippen molar-refractivity contribution in [3.8, 4) is 0 Å². The number of unbranched alkanes of at least 4 members (excludes halogenated alkanes) is 3. The maximum absolute atomic E-state index is 12.9. The molecule has 2 aromatic rings. The molecular weight excluding hydrogens is 404 g/mol. The van der Waals surface area contributed by atoms with E-state index in [1.807, 2.05) is 0 Å². The van der Waals surface area contributed by atoms with Gasteiger partial charge in [-0.25, -0.2) is 4.98 Å². The zero-order chi connectivity index (χ0) is 20.5. The van der Waals surface area contributed by atoms with Crippen LogP contribution in [0.2, 0.25) is 5.02 Å². The molecule has 0 bridgehead atoms. The third-order valence-electron chi connectivity index (χ3n) is 3.98. The van der Waals surface area contributed by atoms with Crippen molar-refractivity contribution in [1.82, 2.24) is 9.88 Å². The summed E-state index contributed by atoms with van der Waals surface area (Å²) >= 11 is 7.37. The van der Waals surface area contributed by atoms with Crippen molar-refractivity contribution in [2.24, 2.45) is 0 Å². The first kappa shape index (κ1) is 21.8. The summed E-state index contributed by atoms with van der Waals surface area (Å²) in [6, 6.07) is 3.68. The molecule has 1 aromatic heterocycles. The lowest BCUT2D eigenvalue weighted by Crippen LogP contribution is -2.38. The molecule has 0 saturated carbocycles. The third-order valence-corrected chi connectivity index (χ3v) is 4.98. The molecule has 0 saturated heterocycles. The van der Waals surface area contributed by atoms with E-state index in [1.165, 1.54) is 28.4 Å². The van der Waals surface area contributed by atoms with Gasteiger partial charge in [0.2, 0.25) is 5.91 Å². The van der Waals surface area contributed by atoms with Gasteiger partial charge in [-0.2, -0.15) is 0 Å². The number of nitrogens with zero attached hydrogens (tertiary/aromatic N) is 3. The molecule has 0 aliphatic heterocycles. The number of nitro benzene ring substituents is 1. The van der Waals surface area contributed by atoms with Crippen molar-refractivity contribution in [2.75, 3.05) is 18.4 Å². The molecule has 0 aliphatic rings. The van der Waals surface area contributed by atoms with Gasteiger partial charge >= 0.3 is 0 Å². The molecule has 0 aliphatic carbocycles. The van der Waals surface area contributed by atoms with Gasteiger partial charge in [0.05, 0.1) is 15.5 Å². The number of carbonyl (C=O) groups is 2. The first-order valence-corrected chi connectivity index (χ1v) is 10.1. The quantitative estimate of drug-likeness (QED) is 0.346. The maximum Gasteiger partial charge on any atom is 0.270 e. The van der Waals surface area contributed by atoms with Crippen LogP contribution in [0.4, 0.5) is 10.8 Å². The summed E-state index contributed by atoms with van der Waals surface area (Å²) in [4.78, 5) is 40.9. The SMILES string of the molecule is CCCCCCN(CC(=O)Nc1nccs1)C(=O)c1ccc([N+](=O)[O-])cc1Cl. The Morgan fingerprint density at radius 2 is 2.11 bits per heavy atom. The average molecular weight is 425 g/mol. The normalized spacial score (nSPS) is 10.5. The van der Waals surface area contributed by atoms with E-state index < -0.39 is 10.8 Å². The zero-order valence-corrected chi connectivity index (χ0v) is 17.0. The first-order valence-electron chi connectivity index (χ1n) is 8.85. The van der Waals surface area contributed by atoms with Crippen molar-refractivity contribution < 1.29 is 14.5 Å². The summed E-state index contributed by atoms with van der Waals surface area (Å²) < 4.78 is 0. The van der Waals surface area contributed by atoms with Gasteiger partial charge in [0.25, 0.3) is 11.6 Å². The van der Waals surface area contributed by atoms with Gasteiger partial charge in [-0.3, -0.25) is 19.7 Å². The van der Waals surface area contributed by atoms with Gasteiger partial charge in [0.15, 0.2) is 5.13 Å². The highest BCUT2D eigenvalue weighted by Gasteiger charge is 2.22. The molecule has 8 nitrogen and oxygen atoms in total. The summed E-state index contributed by atoms with van der Waals surface area (Å²) in [6.45, 7) is 2.32. The Labute approximate surface area is 171 Å². The summed E-state index contributed by atoms with van der Waals surface area (Å²) in [7, 11) is 0. The summed E-state index contributed by atoms with van der Waals surface area (Å²) in [6.07, 6.45) is 5.33. The van der Waals surface area contributed by atoms with E-state index in [1.54, 1.807) is 11.6 Å². The van der Waals surface area contributed by atoms with Crippen molar-refractivity contribution in [1.29, 1.82) is 0 Å². The molecule has 28 heavy (non-hydrogen) atoms. The number of nitro groups is 1. The Balaban J connectivity index is 2.13. The van der Waals surface area contributed by atoms with Crippen molar-refractivity contribution in [3.05, 3.63) is 50.5 Å². The molecule has 0 spiro atoms. The largest absolute Gasteiger partial charge is 0.329 e. The minimum absolute atomic E-state index is 0.0157. The van der Waals surface area contributed by atoms with E-state index in [0.717, 1.165) is 31.7 Å². The molecular formula is C18H21ClN4O4S. The van der Waals surface area contributed by atoms with Crippen LogP contribution in [0.15, 0.2) is 29.8 Å². The Bertz CT molecular complexity index is 829. The minimum atomic E-state index is -0.579. The molecule has 1 heterocycles. The standard InChI is InChI=1S/C18H21ClN4O4S/c1-2-3-4-5-9-22(12-16(24)21-18-20-8-10-28-18)17(25)14-7-6-13(23(26)27)11-15(14)19/h6-8,10-11H,2-5,9,12H2,1H3,(H,20,21,24). The minimum Gasteiger partial charge on any atom is -0.329 e. The lowest BCUT2D eigenvalue weighted by Gasteiger charge is -2.22. The fourth-order valence-corrected chi connectivity index (χ4v) is 3.36. The van der Waals surface area contributed by atoms with Gasteiger partial charge in [-0.05, 0) is 12.5 Å². The molecule has 1 aromatic carbocycles. The summed E-state index contributed by atoms with van der Waals surface area (Å²) in [5.41, 5.74) is -0.0673. The van der Waals surface area contributed by atoms with Crippen LogP contribution in [-0.4, -0.2) is 39.7 Å². The van der Waals surface area contributed by atoms with Crippen molar-refractivity contribution >= 4 is 45.6 Å². The zero-order valence-electron chi connectivity index (χ0n) is 15.4. The van der Waals surface area contributed by atoms with Gasteiger partial charge in [0.1, 0.15) is 6.54 Å². The van der Waals surface area contributed by atoms with Crippen LogP contribution < -0.4 is 5.32 Å². The molecule has 10 heteroatoms. The van der Waals surface area contributed by atoms with Gasteiger partial charge in [-0.15, -0.1) is 11.3 Å². The second kappa shape index (κ2) is 10.7. The van der Waals surface area contributed by atoms with E-state index >= 15 is 0 Å². The lowest BCUT2D eigenvalue weighted by atomic mass is 10.1. The van der Waals surface area contributed by atoms with Crippen LogP contribution in [0.1, 0.15) is 43.0 Å². The molecule has 2 amide bonds. The number of anilines is 1. The van der Waals surface area contributed by atoms with Crippen LogP contribution in [0, 0.1) is 10.1 Å². The third kappa shape index (κ3) is 6.28. The number of benzene rings is 1. The first-order chi connectivity index (χ1) is 13.4. The number of amides is 2.